The van der Waals surface area contributed by atoms with Crippen LogP contribution in [0, 0.1) is 0 Å². The second-order valence-electron chi connectivity index (χ2n) is 8.94. The van der Waals surface area contributed by atoms with E-state index in [2.05, 4.69) is 10.6 Å². The Labute approximate surface area is 172 Å². The molecule has 2 saturated carbocycles. The van der Waals surface area contributed by atoms with Gasteiger partial charge in [-0.3, -0.25) is 14.4 Å². The number of hydrogen-bond acceptors (Lipinski definition) is 3. The Bertz CT molecular complexity index is 798. The van der Waals surface area contributed by atoms with E-state index in [1.54, 1.807) is 23.1 Å². The van der Waals surface area contributed by atoms with Gasteiger partial charge in [0, 0.05) is 18.5 Å². The number of amides is 3. The van der Waals surface area contributed by atoms with Crippen molar-refractivity contribution in [2.45, 2.75) is 88.8 Å². The minimum absolute atomic E-state index is 0.0471. The third-order valence-electron chi connectivity index (χ3n) is 6.89. The normalized spacial score (nSPS) is 26.4. The molecule has 2 N–H and O–H groups in total. The topological polar surface area (TPSA) is 78.5 Å². The van der Waals surface area contributed by atoms with Gasteiger partial charge in [-0.15, -0.1) is 0 Å². The molecule has 0 saturated heterocycles. The average molecular weight is 398 g/mol. The maximum Gasteiger partial charge on any atom is 0.257 e. The highest BCUT2D eigenvalue weighted by molar-refractivity contribution is 6.07. The van der Waals surface area contributed by atoms with Crippen LogP contribution in [0.3, 0.4) is 0 Å². The fourth-order valence-electron chi connectivity index (χ4n) is 4.85. The molecule has 29 heavy (non-hydrogen) atoms. The van der Waals surface area contributed by atoms with Crippen LogP contribution in [-0.4, -0.2) is 40.2 Å². The first-order valence-electron chi connectivity index (χ1n) is 11.0. The zero-order valence-electron chi connectivity index (χ0n) is 17.2. The summed E-state index contributed by atoms with van der Waals surface area (Å²) in [5, 5.41) is 6.09. The number of fused-ring (bicyclic) bond motifs is 1. The summed E-state index contributed by atoms with van der Waals surface area (Å²) in [5.74, 6) is -0.428. The highest BCUT2D eigenvalue weighted by Crippen LogP contribution is 2.37. The quantitative estimate of drug-likeness (QED) is 0.818. The summed E-state index contributed by atoms with van der Waals surface area (Å²) < 4.78 is 0. The van der Waals surface area contributed by atoms with Crippen molar-refractivity contribution in [1.29, 1.82) is 0 Å². The summed E-state index contributed by atoms with van der Waals surface area (Å²) in [5.41, 5.74) is -0.0379. The molecule has 4 rings (SSSR count). The van der Waals surface area contributed by atoms with Gasteiger partial charge in [-0.05, 0) is 57.6 Å². The van der Waals surface area contributed by atoms with E-state index in [-0.39, 0.29) is 36.2 Å². The molecule has 1 heterocycles. The van der Waals surface area contributed by atoms with Crippen LogP contribution in [0.1, 0.15) is 81.5 Å². The molecule has 156 valence electrons. The zero-order chi connectivity index (χ0) is 20.4. The molecule has 2 aliphatic carbocycles. The first-order valence-corrected chi connectivity index (χ1v) is 11.0. The van der Waals surface area contributed by atoms with E-state index in [1.165, 1.54) is 6.42 Å². The van der Waals surface area contributed by atoms with Gasteiger partial charge >= 0.3 is 0 Å². The van der Waals surface area contributed by atoms with E-state index < -0.39 is 5.54 Å². The van der Waals surface area contributed by atoms with Gasteiger partial charge < -0.3 is 15.5 Å². The molecule has 0 aromatic heterocycles. The van der Waals surface area contributed by atoms with Crippen LogP contribution < -0.4 is 10.6 Å². The maximum absolute atomic E-state index is 13.7. The maximum atomic E-state index is 13.7. The zero-order valence-corrected chi connectivity index (χ0v) is 17.2. The number of para-hydroxylation sites is 1. The van der Waals surface area contributed by atoms with E-state index in [0.29, 0.717) is 17.7 Å². The van der Waals surface area contributed by atoms with Crippen molar-refractivity contribution in [3.05, 3.63) is 29.8 Å². The molecular formula is C23H31N3O3. The number of carbonyl (C=O) groups is 3. The Kier molecular flexibility index (Phi) is 5.61. The molecule has 1 unspecified atom stereocenters. The molecule has 3 aliphatic rings. The van der Waals surface area contributed by atoms with Gasteiger partial charge in [0.2, 0.25) is 11.8 Å². The van der Waals surface area contributed by atoms with Crippen molar-refractivity contribution in [3.63, 3.8) is 0 Å². The lowest BCUT2D eigenvalue weighted by Crippen LogP contribution is -2.64. The standard InChI is InChI=1S/C23H31N3O3/c1-23(22(29)24-16-8-3-2-4-9-16)15-14-20(27)25-19-13-6-5-12-18(19)21(28)26(23)17-10-7-11-17/h5-6,12-13,16-17H,2-4,7-11,14-15H2,1H3,(H,24,29)(H,25,27). The van der Waals surface area contributed by atoms with Gasteiger partial charge in [0.25, 0.3) is 5.91 Å². The lowest BCUT2D eigenvalue weighted by Gasteiger charge is -2.48. The van der Waals surface area contributed by atoms with E-state index in [1.807, 2.05) is 13.0 Å². The molecule has 1 aromatic rings. The number of rotatable bonds is 3. The molecule has 0 radical (unpaired) electrons. The van der Waals surface area contributed by atoms with Crippen molar-refractivity contribution in [1.82, 2.24) is 10.2 Å². The number of hydrogen-bond donors (Lipinski definition) is 2. The number of nitrogens with one attached hydrogen (secondary N) is 2. The smallest absolute Gasteiger partial charge is 0.257 e. The van der Waals surface area contributed by atoms with Crippen LogP contribution in [0.15, 0.2) is 24.3 Å². The lowest BCUT2D eigenvalue weighted by atomic mass is 9.82. The second-order valence-corrected chi connectivity index (χ2v) is 8.94. The summed E-state index contributed by atoms with van der Waals surface area (Å²) in [4.78, 5) is 41.6. The largest absolute Gasteiger partial charge is 0.351 e. The van der Waals surface area contributed by atoms with Gasteiger partial charge in [0.1, 0.15) is 5.54 Å². The van der Waals surface area contributed by atoms with Crippen LogP contribution in [-0.2, 0) is 9.59 Å². The van der Waals surface area contributed by atoms with Crippen molar-refractivity contribution < 1.29 is 14.4 Å². The van der Waals surface area contributed by atoms with Crippen molar-refractivity contribution in [2.24, 2.45) is 0 Å². The molecule has 6 nitrogen and oxygen atoms in total. The Morgan fingerprint density at radius 2 is 1.79 bits per heavy atom. The van der Waals surface area contributed by atoms with E-state index in [4.69, 9.17) is 0 Å². The van der Waals surface area contributed by atoms with Crippen LogP contribution in [0.5, 0.6) is 0 Å². The van der Waals surface area contributed by atoms with E-state index >= 15 is 0 Å². The molecule has 0 bridgehead atoms. The number of benzene rings is 1. The third kappa shape index (κ3) is 3.89. The first kappa shape index (κ1) is 19.9. The predicted octanol–water partition coefficient (Wildman–Crippen LogP) is 3.62. The lowest BCUT2D eigenvalue weighted by molar-refractivity contribution is -0.135. The Balaban J connectivity index is 1.70. The van der Waals surface area contributed by atoms with Crippen molar-refractivity contribution >= 4 is 23.4 Å². The molecule has 3 amide bonds. The number of nitrogens with zero attached hydrogens (tertiary/aromatic N) is 1. The molecular weight excluding hydrogens is 366 g/mol. The van der Waals surface area contributed by atoms with Gasteiger partial charge in [-0.1, -0.05) is 31.4 Å². The molecule has 6 heteroatoms. The Hall–Kier alpha value is -2.37. The number of anilines is 1. The fourth-order valence-corrected chi connectivity index (χ4v) is 4.85. The molecule has 1 aromatic carbocycles. The third-order valence-corrected chi connectivity index (χ3v) is 6.89. The Morgan fingerprint density at radius 3 is 2.48 bits per heavy atom. The molecule has 0 spiro atoms. The minimum Gasteiger partial charge on any atom is -0.351 e. The Morgan fingerprint density at radius 1 is 1.07 bits per heavy atom. The second kappa shape index (κ2) is 8.17. The van der Waals surface area contributed by atoms with Gasteiger partial charge in [-0.25, -0.2) is 0 Å². The van der Waals surface area contributed by atoms with Crippen LogP contribution >= 0.6 is 0 Å². The number of carbonyl (C=O) groups excluding carboxylic acids is 3. The molecule has 1 aliphatic heterocycles. The fraction of sp³-hybridized carbons (Fsp3) is 0.609. The van der Waals surface area contributed by atoms with Gasteiger partial charge in [0.05, 0.1) is 11.3 Å². The summed E-state index contributed by atoms with van der Waals surface area (Å²) >= 11 is 0. The summed E-state index contributed by atoms with van der Waals surface area (Å²) in [6.45, 7) is 1.85. The SMILES string of the molecule is CC1(C(=O)NC2CCCCC2)CCC(=O)Nc2ccccc2C(=O)N1C1CCC1. The van der Waals surface area contributed by atoms with E-state index in [9.17, 15) is 14.4 Å². The molecule has 2 fully saturated rings. The van der Waals surface area contributed by atoms with Crippen molar-refractivity contribution in [2.75, 3.05) is 5.32 Å². The monoisotopic (exact) mass is 397 g/mol. The summed E-state index contributed by atoms with van der Waals surface area (Å²) in [6.07, 6.45) is 8.85. The van der Waals surface area contributed by atoms with Crippen LogP contribution in [0.2, 0.25) is 0 Å². The first-order chi connectivity index (χ1) is 14.0. The van der Waals surface area contributed by atoms with Crippen LogP contribution in [0.25, 0.3) is 0 Å². The highest BCUT2D eigenvalue weighted by atomic mass is 16.2. The summed E-state index contributed by atoms with van der Waals surface area (Å²) in [7, 11) is 0. The predicted molar refractivity (Wildman–Crippen MR) is 112 cm³/mol. The summed E-state index contributed by atoms with van der Waals surface area (Å²) in [6, 6.07) is 7.33. The van der Waals surface area contributed by atoms with E-state index in [0.717, 1.165) is 44.9 Å². The van der Waals surface area contributed by atoms with Gasteiger partial charge in [-0.2, -0.15) is 0 Å². The molecule has 1 atom stereocenters. The highest BCUT2D eigenvalue weighted by Gasteiger charge is 2.48. The van der Waals surface area contributed by atoms with Gasteiger partial charge in [0.15, 0.2) is 0 Å². The van der Waals surface area contributed by atoms with Crippen LogP contribution in [0.4, 0.5) is 5.69 Å². The minimum atomic E-state index is -1.03. The average Bonchev–Trinajstić information content (AvgIpc) is 2.72. The van der Waals surface area contributed by atoms with Crippen molar-refractivity contribution in [3.8, 4) is 0 Å².